The van der Waals surface area contributed by atoms with Gasteiger partial charge in [0.15, 0.2) is 0 Å². The number of rotatable bonds is 9. The van der Waals surface area contributed by atoms with E-state index in [4.69, 9.17) is 23.2 Å². The summed E-state index contributed by atoms with van der Waals surface area (Å²) < 4.78 is 4.43. The number of hydrogen-bond acceptors (Lipinski definition) is 6. The molecule has 2 aromatic carbocycles. The van der Waals surface area contributed by atoms with Gasteiger partial charge >= 0.3 is 5.97 Å². The highest BCUT2D eigenvalue weighted by molar-refractivity contribution is 6.36. The summed E-state index contributed by atoms with van der Waals surface area (Å²) in [7, 11) is 1.21. The van der Waals surface area contributed by atoms with E-state index in [9.17, 15) is 24.0 Å². The quantitative estimate of drug-likeness (QED) is 0.387. The molecule has 0 atom stereocenters. The number of methoxy groups -OCH3 is 1. The van der Waals surface area contributed by atoms with E-state index in [1.54, 1.807) is 0 Å². The van der Waals surface area contributed by atoms with Crippen LogP contribution in [0.3, 0.4) is 0 Å². The van der Waals surface area contributed by atoms with E-state index < -0.39 is 29.6 Å². The number of hydrogen-bond donors (Lipinski definition) is 4. The monoisotopic (exact) mass is 494 g/mol. The van der Waals surface area contributed by atoms with Gasteiger partial charge in [0.1, 0.15) is 6.54 Å². The van der Waals surface area contributed by atoms with Crippen LogP contribution in [0.25, 0.3) is 0 Å². The lowest BCUT2D eigenvalue weighted by atomic mass is 10.2. The van der Waals surface area contributed by atoms with Crippen molar-refractivity contribution in [2.45, 2.75) is 0 Å². The Morgan fingerprint density at radius 2 is 1.42 bits per heavy atom. The van der Waals surface area contributed by atoms with Gasteiger partial charge in [-0.05, 0) is 42.5 Å². The highest BCUT2D eigenvalue weighted by Gasteiger charge is 2.13. The molecule has 0 spiro atoms. The Morgan fingerprint density at radius 1 is 0.788 bits per heavy atom. The molecule has 0 radical (unpaired) electrons. The first-order chi connectivity index (χ1) is 15.7. The zero-order valence-electron chi connectivity index (χ0n) is 17.4. The van der Waals surface area contributed by atoms with Gasteiger partial charge in [0, 0.05) is 16.3 Å². The van der Waals surface area contributed by atoms with E-state index in [0.717, 1.165) is 0 Å². The van der Waals surface area contributed by atoms with Gasteiger partial charge in [0.05, 0.1) is 30.8 Å². The van der Waals surface area contributed by atoms with E-state index >= 15 is 0 Å². The van der Waals surface area contributed by atoms with Gasteiger partial charge in [-0.25, -0.2) is 0 Å². The van der Waals surface area contributed by atoms with Crippen LogP contribution in [0, 0.1) is 0 Å². The summed E-state index contributed by atoms with van der Waals surface area (Å²) in [6, 6.07) is 10.2. The average Bonchev–Trinajstić information content (AvgIpc) is 2.79. The van der Waals surface area contributed by atoms with Crippen LogP contribution in [-0.2, 0) is 19.1 Å². The minimum Gasteiger partial charge on any atom is -0.468 e. The standard InChI is InChI=1S/C21H20Cl2N4O6/c1-33-19(30)11-26-20(31)12-2-5-14(6-3-12)27-18(29)10-24-17(28)9-25-21(32)15-7-4-13(22)8-16(15)23/h2-8H,9-11H2,1H3,(H,24,28)(H,25,32)(H,26,31)(H,27,29). The van der Waals surface area contributed by atoms with E-state index in [0.29, 0.717) is 10.7 Å². The number of ether oxygens (including phenoxy) is 1. The molecule has 0 aliphatic heterocycles. The Kier molecular flexibility index (Phi) is 9.64. The predicted molar refractivity (Wildman–Crippen MR) is 121 cm³/mol. The molecular weight excluding hydrogens is 475 g/mol. The number of anilines is 1. The molecule has 12 heteroatoms. The van der Waals surface area contributed by atoms with Gasteiger partial charge in [-0.15, -0.1) is 0 Å². The number of esters is 1. The van der Waals surface area contributed by atoms with Gasteiger partial charge in [-0.2, -0.15) is 0 Å². The van der Waals surface area contributed by atoms with Crippen molar-refractivity contribution in [3.05, 3.63) is 63.6 Å². The van der Waals surface area contributed by atoms with E-state index in [1.807, 2.05) is 0 Å². The third-order valence-corrected chi connectivity index (χ3v) is 4.63. The van der Waals surface area contributed by atoms with Crippen molar-refractivity contribution in [2.24, 2.45) is 0 Å². The molecule has 174 valence electrons. The Labute approximate surface area is 199 Å². The van der Waals surface area contributed by atoms with Crippen molar-refractivity contribution in [1.82, 2.24) is 16.0 Å². The Morgan fingerprint density at radius 3 is 2.06 bits per heavy atom. The molecule has 0 aliphatic carbocycles. The maximum absolute atomic E-state index is 12.1. The number of carbonyl (C=O) groups excluding carboxylic acids is 5. The lowest BCUT2D eigenvalue weighted by Gasteiger charge is -2.09. The topological polar surface area (TPSA) is 143 Å². The van der Waals surface area contributed by atoms with Crippen LogP contribution in [0.1, 0.15) is 20.7 Å². The molecular formula is C21H20Cl2N4O6. The van der Waals surface area contributed by atoms with Crippen LogP contribution >= 0.6 is 23.2 Å². The van der Waals surface area contributed by atoms with Crippen LogP contribution in [0.2, 0.25) is 10.0 Å². The summed E-state index contributed by atoms with van der Waals surface area (Å²) >= 11 is 11.7. The van der Waals surface area contributed by atoms with Crippen molar-refractivity contribution < 1.29 is 28.7 Å². The minimum absolute atomic E-state index is 0.145. The predicted octanol–water partition coefficient (Wildman–Crippen LogP) is 1.38. The average molecular weight is 495 g/mol. The van der Waals surface area contributed by atoms with Crippen LogP contribution < -0.4 is 21.3 Å². The Balaban J connectivity index is 1.74. The minimum atomic E-state index is -0.582. The second kappa shape index (κ2) is 12.4. The third-order valence-electron chi connectivity index (χ3n) is 4.08. The highest BCUT2D eigenvalue weighted by Crippen LogP contribution is 2.20. The number of halogens is 2. The summed E-state index contributed by atoms with van der Waals surface area (Å²) in [5.74, 6) is -2.72. The maximum atomic E-state index is 12.1. The molecule has 0 saturated carbocycles. The smallest absolute Gasteiger partial charge is 0.325 e. The van der Waals surface area contributed by atoms with Crippen molar-refractivity contribution in [3.8, 4) is 0 Å². The molecule has 0 fully saturated rings. The van der Waals surface area contributed by atoms with Crippen LogP contribution in [0.4, 0.5) is 5.69 Å². The van der Waals surface area contributed by atoms with Crippen LogP contribution in [-0.4, -0.2) is 56.3 Å². The summed E-state index contributed by atoms with van der Waals surface area (Å²) in [6.07, 6.45) is 0. The van der Waals surface area contributed by atoms with E-state index in [1.165, 1.54) is 49.6 Å². The van der Waals surface area contributed by atoms with Gasteiger partial charge in [0.2, 0.25) is 11.8 Å². The van der Waals surface area contributed by atoms with Crippen molar-refractivity contribution in [1.29, 1.82) is 0 Å². The van der Waals surface area contributed by atoms with E-state index in [2.05, 4.69) is 26.0 Å². The molecule has 0 bridgehead atoms. The molecule has 0 unspecified atom stereocenters. The van der Waals surface area contributed by atoms with Crippen molar-refractivity contribution >= 4 is 58.5 Å². The normalized spacial score (nSPS) is 10.0. The lowest BCUT2D eigenvalue weighted by molar-refractivity contribution is -0.139. The van der Waals surface area contributed by atoms with Gasteiger partial charge in [-0.3, -0.25) is 24.0 Å². The zero-order chi connectivity index (χ0) is 24.4. The number of benzene rings is 2. The summed E-state index contributed by atoms with van der Waals surface area (Å²) in [4.78, 5) is 58.9. The molecule has 4 amide bonds. The summed E-state index contributed by atoms with van der Waals surface area (Å²) in [6.45, 7) is -0.959. The van der Waals surface area contributed by atoms with Crippen molar-refractivity contribution in [3.63, 3.8) is 0 Å². The molecule has 10 nitrogen and oxygen atoms in total. The second-order valence-electron chi connectivity index (χ2n) is 6.47. The van der Waals surface area contributed by atoms with Crippen molar-refractivity contribution in [2.75, 3.05) is 32.1 Å². The molecule has 2 aromatic rings. The number of amides is 4. The molecule has 33 heavy (non-hydrogen) atoms. The SMILES string of the molecule is COC(=O)CNC(=O)c1ccc(NC(=O)CNC(=O)CNC(=O)c2ccc(Cl)cc2Cl)cc1. The first-order valence-corrected chi connectivity index (χ1v) is 10.2. The first-order valence-electron chi connectivity index (χ1n) is 9.44. The molecule has 0 aromatic heterocycles. The number of carbonyl (C=O) groups is 5. The molecule has 0 aliphatic rings. The maximum Gasteiger partial charge on any atom is 0.325 e. The highest BCUT2D eigenvalue weighted by atomic mass is 35.5. The fraction of sp³-hybridized carbons (Fsp3) is 0.190. The molecule has 4 N–H and O–H groups in total. The fourth-order valence-corrected chi connectivity index (χ4v) is 2.90. The Bertz CT molecular complexity index is 1060. The largest absolute Gasteiger partial charge is 0.468 e. The summed E-state index contributed by atoms with van der Waals surface area (Å²) in [5, 5.41) is 10.2. The number of nitrogens with one attached hydrogen (secondary N) is 4. The first kappa shape index (κ1) is 25.6. The zero-order valence-corrected chi connectivity index (χ0v) is 18.9. The van der Waals surface area contributed by atoms with E-state index in [-0.39, 0.29) is 35.8 Å². The third kappa shape index (κ3) is 8.43. The Hall–Kier alpha value is -3.63. The molecule has 0 saturated heterocycles. The van der Waals surface area contributed by atoms with Gasteiger partial charge < -0.3 is 26.0 Å². The van der Waals surface area contributed by atoms with Crippen LogP contribution in [0.15, 0.2) is 42.5 Å². The fourth-order valence-electron chi connectivity index (χ4n) is 2.41. The van der Waals surface area contributed by atoms with Crippen LogP contribution in [0.5, 0.6) is 0 Å². The van der Waals surface area contributed by atoms with Gasteiger partial charge in [-0.1, -0.05) is 23.2 Å². The molecule has 0 heterocycles. The molecule has 2 rings (SSSR count). The lowest BCUT2D eigenvalue weighted by Crippen LogP contribution is -2.40. The summed E-state index contributed by atoms with van der Waals surface area (Å²) in [5.41, 5.74) is 0.834. The van der Waals surface area contributed by atoms with Gasteiger partial charge in [0.25, 0.3) is 11.8 Å². The second-order valence-corrected chi connectivity index (χ2v) is 7.31.